The van der Waals surface area contributed by atoms with Gasteiger partial charge in [0.15, 0.2) is 0 Å². The first-order chi connectivity index (χ1) is 5.25. The highest BCUT2D eigenvalue weighted by molar-refractivity contribution is 6.68. The van der Waals surface area contributed by atoms with Crippen LogP contribution in [-0.4, -0.2) is 20.7 Å². The fourth-order valence-corrected chi connectivity index (χ4v) is 1.14. The molecule has 0 aromatic carbocycles. The predicted molar refractivity (Wildman–Crippen MR) is 46.7 cm³/mol. The third-order valence-electron chi connectivity index (χ3n) is 1.18. The highest BCUT2D eigenvalue weighted by Crippen LogP contribution is 2.37. The van der Waals surface area contributed by atoms with Crippen molar-refractivity contribution in [3.63, 3.8) is 0 Å². The zero-order chi connectivity index (χ0) is 9.94. The molecular formula is C6H7Cl3O3. The SMILES string of the molecule is CC(=O)CC(C(=O)O)C(Cl)(Cl)Cl. The Kier molecular flexibility index (Phi) is 4.31. The molecule has 1 N–H and O–H groups in total. The van der Waals surface area contributed by atoms with Crippen LogP contribution in [0.25, 0.3) is 0 Å². The summed E-state index contributed by atoms with van der Waals surface area (Å²) < 4.78 is -1.93. The zero-order valence-corrected chi connectivity index (χ0v) is 8.45. The molecule has 6 heteroatoms. The maximum atomic E-state index is 10.6. The van der Waals surface area contributed by atoms with Crippen LogP contribution in [0, 0.1) is 5.92 Å². The van der Waals surface area contributed by atoms with Gasteiger partial charge in [-0.25, -0.2) is 0 Å². The normalized spacial score (nSPS) is 14.0. The number of ketones is 1. The number of rotatable bonds is 3. The summed E-state index contributed by atoms with van der Waals surface area (Å²) in [6, 6.07) is 0. The van der Waals surface area contributed by atoms with E-state index in [1.807, 2.05) is 0 Å². The molecule has 70 valence electrons. The molecule has 1 unspecified atom stereocenters. The number of carboxylic acid groups (broad SMARTS) is 1. The highest BCUT2D eigenvalue weighted by Gasteiger charge is 2.39. The van der Waals surface area contributed by atoms with Crippen LogP contribution in [0.1, 0.15) is 13.3 Å². The van der Waals surface area contributed by atoms with Crippen molar-refractivity contribution in [1.82, 2.24) is 0 Å². The highest BCUT2D eigenvalue weighted by atomic mass is 35.6. The van der Waals surface area contributed by atoms with Crippen LogP contribution in [0.2, 0.25) is 0 Å². The third-order valence-corrected chi connectivity index (χ3v) is 1.98. The minimum Gasteiger partial charge on any atom is -0.481 e. The van der Waals surface area contributed by atoms with Crippen molar-refractivity contribution in [2.75, 3.05) is 0 Å². The number of Topliss-reactive ketones (excluding diaryl/α,β-unsaturated/α-hetero) is 1. The summed E-state index contributed by atoms with van der Waals surface area (Å²) in [6.45, 7) is 1.24. The van der Waals surface area contributed by atoms with Crippen molar-refractivity contribution in [3.05, 3.63) is 0 Å². The first kappa shape index (κ1) is 12.0. The van der Waals surface area contributed by atoms with Gasteiger partial charge in [0.1, 0.15) is 11.7 Å². The van der Waals surface area contributed by atoms with E-state index in [1.54, 1.807) is 0 Å². The van der Waals surface area contributed by atoms with Crippen LogP contribution in [0.4, 0.5) is 0 Å². The van der Waals surface area contributed by atoms with Gasteiger partial charge in [-0.2, -0.15) is 0 Å². The third kappa shape index (κ3) is 4.14. The molecule has 0 bridgehead atoms. The van der Waals surface area contributed by atoms with E-state index in [2.05, 4.69) is 0 Å². The number of carbonyl (C=O) groups excluding carboxylic acids is 1. The van der Waals surface area contributed by atoms with Crippen LogP contribution in [0.3, 0.4) is 0 Å². The minimum atomic E-state index is -1.93. The van der Waals surface area contributed by atoms with E-state index in [-0.39, 0.29) is 12.2 Å². The molecule has 0 aliphatic rings. The van der Waals surface area contributed by atoms with E-state index in [4.69, 9.17) is 39.9 Å². The molecule has 0 fully saturated rings. The molecule has 0 aromatic rings. The Labute approximate surface area is 84.6 Å². The summed E-state index contributed by atoms with van der Waals surface area (Å²) >= 11 is 16.0. The summed E-state index contributed by atoms with van der Waals surface area (Å²) in [6.07, 6.45) is -0.272. The lowest BCUT2D eigenvalue weighted by molar-refractivity contribution is -0.143. The molecule has 1 atom stereocenters. The topological polar surface area (TPSA) is 54.4 Å². The Hall–Kier alpha value is 0.01000. The van der Waals surface area contributed by atoms with Crippen LogP contribution < -0.4 is 0 Å². The van der Waals surface area contributed by atoms with Gasteiger partial charge in [-0.15, -0.1) is 0 Å². The number of halogens is 3. The molecule has 0 aromatic heterocycles. The van der Waals surface area contributed by atoms with Gasteiger partial charge in [0, 0.05) is 6.42 Å². The molecule has 0 aliphatic heterocycles. The van der Waals surface area contributed by atoms with Gasteiger partial charge in [-0.3, -0.25) is 9.59 Å². The first-order valence-corrected chi connectivity index (χ1v) is 4.17. The van der Waals surface area contributed by atoms with E-state index in [1.165, 1.54) is 6.92 Å². The lowest BCUT2D eigenvalue weighted by Gasteiger charge is -2.18. The first-order valence-electron chi connectivity index (χ1n) is 3.04. The van der Waals surface area contributed by atoms with Gasteiger partial charge in [0.05, 0.1) is 0 Å². The fourth-order valence-electron chi connectivity index (χ4n) is 0.631. The minimum absolute atomic E-state index is 0.272. The average Bonchev–Trinajstić information content (AvgIpc) is 1.79. The fraction of sp³-hybridized carbons (Fsp3) is 0.667. The van der Waals surface area contributed by atoms with Crippen molar-refractivity contribution in [2.45, 2.75) is 17.1 Å². The standard InChI is InChI=1S/C6H7Cl3O3/c1-3(10)2-4(5(11)12)6(7,8)9/h4H,2H2,1H3,(H,11,12). The van der Waals surface area contributed by atoms with Gasteiger partial charge < -0.3 is 5.11 Å². The zero-order valence-electron chi connectivity index (χ0n) is 6.18. The van der Waals surface area contributed by atoms with Gasteiger partial charge in [0.25, 0.3) is 0 Å². The Morgan fingerprint density at radius 1 is 1.42 bits per heavy atom. The second kappa shape index (κ2) is 4.30. The monoisotopic (exact) mass is 232 g/mol. The van der Waals surface area contributed by atoms with Gasteiger partial charge in [-0.05, 0) is 6.92 Å². The van der Waals surface area contributed by atoms with E-state index in [9.17, 15) is 9.59 Å². The number of carboxylic acids is 1. The lowest BCUT2D eigenvalue weighted by Crippen LogP contribution is -2.29. The lowest BCUT2D eigenvalue weighted by atomic mass is 10.1. The van der Waals surface area contributed by atoms with Crippen molar-refractivity contribution in [3.8, 4) is 0 Å². The average molecular weight is 233 g/mol. The number of hydrogen-bond donors (Lipinski definition) is 1. The van der Waals surface area contributed by atoms with E-state index in [0.29, 0.717) is 0 Å². The Morgan fingerprint density at radius 3 is 1.92 bits per heavy atom. The smallest absolute Gasteiger partial charge is 0.311 e. The van der Waals surface area contributed by atoms with Crippen molar-refractivity contribution >= 4 is 46.6 Å². The molecule has 0 saturated carbocycles. The molecule has 0 amide bonds. The van der Waals surface area contributed by atoms with Gasteiger partial charge in [-0.1, -0.05) is 34.8 Å². The van der Waals surface area contributed by atoms with Crippen LogP contribution in [-0.2, 0) is 9.59 Å². The molecule has 0 aliphatic carbocycles. The summed E-state index contributed by atoms with van der Waals surface area (Å²) in [5.41, 5.74) is 0. The van der Waals surface area contributed by atoms with Crippen molar-refractivity contribution in [2.24, 2.45) is 5.92 Å². The van der Waals surface area contributed by atoms with Crippen LogP contribution in [0.15, 0.2) is 0 Å². The summed E-state index contributed by atoms with van der Waals surface area (Å²) in [5.74, 6) is -2.89. The second-order valence-corrected chi connectivity index (χ2v) is 4.71. The number of aliphatic carboxylic acids is 1. The molecule has 0 radical (unpaired) electrons. The van der Waals surface area contributed by atoms with E-state index >= 15 is 0 Å². The maximum absolute atomic E-state index is 10.6. The van der Waals surface area contributed by atoms with Crippen molar-refractivity contribution in [1.29, 1.82) is 0 Å². The number of hydrogen-bond acceptors (Lipinski definition) is 2. The molecule has 0 spiro atoms. The predicted octanol–water partition coefficient (Wildman–Crippen LogP) is 2.04. The van der Waals surface area contributed by atoms with Crippen LogP contribution >= 0.6 is 34.8 Å². The molecule has 0 rings (SSSR count). The summed E-state index contributed by atoms with van der Waals surface area (Å²) in [5, 5.41) is 8.55. The van der Waals surface area contributed by atoms with Gasteiger partial charge >= 0.3 is 5.97 Å². The number of carbonyl (C=O) groups is 2. The molecule has 0 heterocycles. The number of alkyl halides is 3. The summed E-state index contributed by atoms with van der Waals surface area (Å²) in [7, 11) is 0. The van der Waals surface area contributed by atoms with Gasteiger partial charge in [0.2, 0.25) is 3.79 Å². The van der Waals surface area contributed by atoms with Crippen molar-refractivity contribution < 1.29 is 14.7 Å². The Bertz CT molecular complexity index is 197. The van der Waals surface area contributed by atoms with Crippen LogP contribution in [0.5, 0.6) is 0 Å². The largest absolute Gasteiger partial charge is 0.481 e. The molecular weight excluding hydrogens is 226 g/mol. The second-order valence-electron chi connectivity index (χ2n) is 2.34. The maximum Gasteiger partial charge on any atom is 0.311 e. The Morgan fingerprint density at radius 2 is 1.83 bits per heavy atom. The summed E-state index contributed by atoms with van der Waals surface area (Å²) in [4.78, 5) is 21.0. The van der Waals surface area contributed by atoms with E-state index < -0.39 is 15.7 Å². The molecule has 0 saturated heterocycles. The molecule has 12 heavy (non-hydrogen) atoms. The quantitative estimate of drug-likeness (QED) is 0.759. The molecule has 3 nitrogen and oxygen atoms in total. The Balaban J connectivity index is 4.46. The van der Waals surface area contributed by atoms with E-state index in [0.717, 1.165) is 0 Å².